The number of aromatic nitrogens is 2. The summed E-state index contributed by atoms with van der Waals surface area (Å²) in [5, 5.41) is 5.84. The van der Waals surface area contributed by atoms with E-state index in [2.05, 4.69) is 20.6 Å². The Balaban J connectivity index is 1.94. The first-order chi connectivity index (χ1) is 12.2. The van der Waals surface area contributed by atoms with Crippen LogP contribution in [0.4, 0.5) is 22.1 Å². The molecule has 0 saturated heterocycles. The van der Waals surface area contributed by atoms with Crippen LogP contribution in [0.25, 0.3) is 11.4 Å². The summed E-state index contributed by atoms with van der Waals surface area (Å²) in [6, 6.07) is 20.9. The Labute approximate surface area is 145 Å². The van der Waals surface area contributed by atoms with E-state index in [1.54, 1.807) is 13.0 Å². The van der Waals surface area contributed by atoms with Gasteiger partial charge in [0.1, 0.15) is 11.6 Å². The summed E-state index contributed by atoms with van der Waals surface area (Å²) in [5.41, 5.74) is 1.74. The molecule has 0 aliphatic carbocycles. The fourth-order valence-electron chi connectivity index (χ4n) is 2.23. The second-order valence-electron chi connectivity index (χ2n) is 5.16. The Hall–Kier alpha value is -3.41. The van der Waals surface area contributed by atoms with Crippen LogP contribution in [0.1, 0.15) is 6.92 Å². The van der Waals surface area contributed by atoms with Gasteiger partial charge in [0.25, 0.3) is 0 Å². The molecule has 6 heteroatoms. The van der Waals surface area contributed by atoms with E-state index in [4.69, 9.17) is 4.74 Å². The minimum Gasteiger partial charge on any atom is -0.450 e. The van der Waals surface area contributed by atoms with Gasteiger partial charge in [-0.05, 0) is 19.1 Å². The topological polar surface area (TPSA) is 76.1 Å². The number of hydrogen-bond donors (Lipinski definition) is 2. The third-order valence-electron chi connectivity index (χ3n) is 3.31. The van der Waals surface area contributed by atoms with E-state index in [9.17, 15) is 4.79 Å². The molecule has 0 spiro atoms. The summed E-state index contributed by atoms with van der Waals surface area (Å²) in [6.45, 7) is 2.04. The largest absolute Gasteiger partial charge is 0.450 e. The molecule has 1 amide bonds. The van der Waals surface area contributed by atoms with E-state index in [1.165, 1.54) is 0 Å². The maximum absolute atomic E-state index is 11.7. The lowest BCUT2D eigenvalue weighted by Gasteiger charge is -2.11. The number of ether oxygens (including phenoxy) is 1. The summed E-state index contributed by atoms with van der Waals surface area (Å²) >= 11 is 0. The van der Waals surface area contributed by atoms with Crippen LogP contribution in [0.15, 0.2) is 66.7 Å². The fourth-order valence-corrected chi connectivity index (χ4v) is 2.23. The Kier molecular flexibility index (Phi) is 5.21. The average molecular weight is 334 g/mol. The van der Waals surface area contributed by atoms with Crippen molar-refractivity contribution in [3.63, 3.8) is 0 Å². The Morgan fingerprint density at radius 2 is 1.60 bits per heavy atom. The summed E-state index contributed by atoms with van der Waals surface area (Å²) in [6.07, 6.45) is -0.550. The highest BCUT2D eigenvalue weighted by molar-refractivity contribution is 5.84. The molecule has 0 saturated carbocycles. The van der Waals surface area contributed by atoms with Crippen LogP contribution in [-0.2, 0) is 4.74 Å². The van der Waals surface area contributed by atoms with Crippen LogP contribution in [0.3, 0.4) is 0 Å². The van der Waals surface area contributed by atoms with Crippen molar-refractivity contribution in [2.45, 2.75) is 6.92 Å². The maximum Gasteiger partial charge on any atom is 0.412 e. The highest BCUT2D eigenvalue weighted by Crippen LogP contribution is 2.22. The molecule has 1 aromatic heterocycles. The van der Waals surface area contributed by atoms with Gasteiger partial charge in [0, 0.05) is 17.3 Å². The van der Waals surface area contributed by atoms with Crippen molar-refractivity contribution in [2.75, 3.05) is 17.2 Å². The number of rotatable bonds is 5. The summed E-state index contributed by atoms with van der Waals surface area (Å²) in [5.74, 6) is 1.45. The maximum atomic E-state index is 11.7. The Morgan fingerprint density at radius 1 is 0.960 bits per heavy atom. The molecule has 2 aromatic carbocycles. The van der Waals surface area contributed by atoms with E-state index < -0.39 is 6.09 Å². The molecule has 3 rings (SSSR count). The van der Waals surface area contributed by atoms with Crippen LogP contribution < -0.4 is 10.6 Å². The van der Waals surface area contributed by atoms with E-state index in [0.29, 0.717) is 17.5 Å². The molecule has 0 unspecified atom stereocenters. The number of carbonyl (C=O) groups is 1. The fraction of sp³-hybridized carbons (Fsp3) is 0.105. The average Bonchev–Trinajstić information content (AvgIpc) is 2.63. The van der Waals surface area contributed by atoms with E-state index >= 15 is 0 Å². The molecule has 126 valence electrons. The second-order valence-corrected chi connectivity index (χ2v) is 5.16. The molecule has 1 heterocycles. The molecule has 0 aliphatic rings. The predicted molar refractivity (Wildman–Crippen MR) is 97.8 cm³/mol. The number of anilines is 3. The number of benzene rings is 2. The number of nitrogens with one attached hydrogen (secondary N) is 2. The van der Waals surface area contributed by atoms with E-state index in [-0.39, 0.29) is 6.61 Å². The SMILES string of the molecule is CCOC(=O)Nc1cc(Nc2ccccc2)nc(-c2ccccc2)n1. The molecule has 25 heavy (non-hydrogen) atoms. The van der Waals surface area contributed by atoms with E-state index in [0.717, 1.165) is 11.3 Å². The van der Waals surface area contributed by atoms with Gasteiger partial charge in [-0.25, -0.2) is 14.8 Å². The van der Waals surface area contributed by atoms with Gasteiger partial charge >= 0.3 is 6.09 Å². The number of amides is 1. The third kappa shape index (κ3) is 4.54. The Bertz CT molecular complexity index is 839. The third-order valence-corrected chi connectivity index (χ3v) is 3.31. The normalized spacial score (nSPS) is 10.1. The molecular weight excluding hydrogens is 316 g/mol. The van der Waals surface area contributed by atoms with Crippen molar-refractivity contribution < 1.29 is 9.53 Å². The van der Waals surface area contributed by atoms with Gasteiger partial charge < -0.3 is 10.1 Å². The zero-order valence-corrected chi connectivity index (χ0v) is 13.8. The quantitative estimate of drug-likeness (QED) is 0.720. The monoisotopic (exact) mass is 334 g/mol. The lowest BCUT2D eigenvalue weighted by atomic mass is 10.2. The first kappa shape index (κ1) is 16.4. The number of para-hydroxylation sites is 1. The van der Waals surface area contributed by atoms with Crippen molar-refractivity contribution in [1.29, 1.82) is 0 Å². The molecule has 0 atom stereocenters. The van der Waals surface area contributed by atoms with Crippen LogP contribution in [0.5, 0.6) is 0 Å². The first-order valence-electron chi connectivity index (χ1n) is 7.95. The molecular formula is C19H18N4O2. The summed E-state index contributed by atoms with van der Waals surface area (Å²) < 4.78 is 4.92. The van der Waals surface area contributed by atoms with Gasteiger partial charge in [0.2, 0.25) is 0 Å². The van der Waals surface area contributed by atoms with Crippen molar-refractivity contribution >= 4 is 23.4 Å². The number of carbonyl (C=O) groups excluding carboxylic acids is 1. The van der Waals surface area contributed by atoms with Crippen LogP contribution in [0.2, 0.25) is 0 Å². The highest BCUT2D eigenvalue weighted by atomic mass is 16.5. The minimum atomic E-state index is -0.550. The molecule has 0 radical (unpaired) electrons. The van der Waals surface area contributed by atoms with Gasteiger partial charge in [-0.3, -0.25) is 5.32 Å². The zero-order chi connectivity index (χ0) is 17.5. The van der Waals surface area contributed by atoms with Crippen molar-refractivity contribution in [2.24, 2.45) is 0 Å². The number of nitrogens with zero attached hydrogens (tertiary/aromatic N) is 2. The second kappa shape index (κ2) is 7.92. The summed E-state index contributed by atoms with van der Waals surface area (Å²) in [7, 11) is 0. The van der Waals surface area contributed by atoms with Gasteiger partial charge in [0.05, 0.1) is 6.61 Å². The lowest BCUT2D eigenvalue weighted by Crippen LogP contribution is -2.15. The van der Waals surface area contributed by atoms with Gasteiger partial charge in [-0.1, -0.05) is 48.5 Å². The van der Waals surface area contributed by atoms with Crippen LogP contribution in [-0.4, -0.2) is 22.7 Å². The summed E-state index contributed by atoms with van der Waals surface area (Å²) in [4.78, 5) is 20.7. The van der Waals surface area contributed by atoms with Crippen LogP contribution in [0, 0.1) is 0 Å². The van der Waals surface area contributed by atoms with Crippen molar-refractivity contribution in [1.82, 2.24) is 9.97 Å². The highest BCUT2D eigenvalue weighted by Gasteiger charge is 2.10. The molecule has 0 aliphatic heterocycles. The molecule has 0 bridgehead atoms. The predicted octanol–water partition coefficient (Wildman–Crippen LogP) is 4.46. The molecule has 3 aromatic rings. The van der Waals surface area contributed by atoms with Gasteiger partial charge in [-0.15, -0.1) is 0 Å². The molecule has 6 nitrogen and oxygen atoms in total. The number of hydrogen-bond acceptors (Lipinski definition) is 5. The Morgan fingerprint density at radius 3 is 2.28 bits per heavy atom. The lowest BCUT2D eigenvalue weighted by molar-refractivity contribution is 0.168. The van der Waals surface area contributed by atoms with Crippen molar-refractivity contribution in [3.05, 3.63) is 66.7 Å². The standard InChI is InChI=1S/C19H18N4O2/c1-2-25-19(24)23-17-13-16(20-15-11-7-4-8-12-15)21-18(22-17)14-9-5-3-6-10-14/h3-13H,2H2,1H3,(H2,20,21,22,23,24). The van der Waals surface area contributed by atoms with Gasteiger partial charge in [0.15, 0.2) is 5.82 Å². The zero-order valence-electron chi connectivity index (χ0n) is 13.8. The smallest absolute Gasteiger partial charge is 0.412 e. The van der Waals surface area contributed by atoms with Crippen LogP contribution >= 0.6 is 0 Å². The molecule has 2 N–H and O–H groups in total. The molecule has 0 fully saturated rings. The minimum absolute atomic E-state index is 0.289. The van der Waals surface area contributed by atoms with E-state index in [1.807, 2.05) is 60.7 Å². The van der Waals surface area contributed by atoms with Crippen molar-refractivity contribution in [3.8, 4) is 11.4 Å². The van der Waals surface area contributed by atoms with Gasteiger partial charge in [-0.2, -0.15) is 0 Å². The first-order valence-corrected chi connectivity index (χ1v) is 7.95.